The van der Waals surface area contributed by atoms with Gasteiger partial charge in [-0.3, -0.25) is 4.79 Å². The van der Waals surface area contributed by atoms with Gasteiger partial charge in [0.15, 0.2) is 6.61 Å². The van der Waals surface area contributed by atoms with Gasteiger partial charge in [-0.2, -0.15) is 0 Å². The zero-order chi connectivity index (χ0) is 16.1. The molecule has 1 N–H and O–H groups in total. The van der Waals surface area contributed by atoms with Crippen molar-refractivity contribution >= 4 is 18.3 Å². The third-order valence-electron chi connectivity index (χ3n) is 4.87. The van der Waals surface area contributed by atoms with Crippen molar-refractivity contribution in [2.45, 2.75) is 19.8 Å². The summed E-state index contributed by atoms with van der Waals surface area (Å²) < 4.78 is 11.0. The van der Waals surface area contributed by atoms with E-state index < -0.39 is 0 Å². The summed E-state index contributed by atoms with van der Waals surface area (Å²) in [5, 5.41) is 3.46. The second-order valence-corrected chi connectivity index (χ2v) is 6.33. The molecule has 3 rings (SSSR count). The van der Waals surface area contributed by atoms with Gasteiger partial charge in [-0.25, -0.2) is 0 Å². The first kappa shape index (κ1) is 18.9. The van der Waals surface area contributed by atoms with Crippen LogP contribution in [0.5, 0.6) is 11.5 Å². The van der Waals surface area contributed by atoms with Crippen molar-refractivity contribution in [3.63, 3.8) is 0 Å². The molecular formula is C18H27ClN2O3. The average molecular weight is 355 g/mol. The average Bonchev–Trinajstić information content (AvgIpc) is 2.93. The highest BCUT2D eigenvalue weighted by molar-refractivity contribution is 5.85. The lowest BCUT2D eigenvalue weighted by atomic mass is 9.92. The Balaban J connectivity index is 0.00000208. The van der Waals surface area contributed by atoms with Gasteiger partial charge in [0, 0.05) is 13.1 Å². The van der Waals surface area contributed by atoms with Crippen molar-refractivity contribution in [1.29, 1.82) is 0 Å². The van der Waals surface area contributed by atoms with E-state index in [2.05, 4.69) is 5.32 Å². The molecule has 5 nitrogen and oxygen atoms in total. The van der Waals surface area contributed by atoms with Crippen LogP contribution < -0.4 is 14.8 Å². The number of carbonyl (C=O) groups is 1. The predicted molar refractivity (Wildman–Crippen MR) is 96.0 cm³/mol. The molecule has 1 aromatic carbocycles. The minimum atomic E-state index is 0. The van der Waals surface area contributed by atoms with Crippen LogP contribution in [-0.2, 0) is 4.79 Å². The Morgan fingerprint density at radius 1 is 1.08 bits per heavy atom. The normalized spacial score (nSPS) is 23.0. The lowest BCUT2D eigenvalue weighted by molar-refractivity contribution is -0.133. The van der Waals surface area contributed by atoms with E-state index in [0.29, 0.717) is 12.4 Å². The number of nitrogens with one attached hydrogen (secondary N) is 1. The number of hydrogen-bond donors (Lipinski definition) is 1. The van der Waals surface area contributed by atoms with Crippen molar-refractivity contribution in [3.05, 3.63) is 24.3 Å². The molecule has 0 aliphatic carbocycles. The highest BCUT2D eigenvalue weighted by Gasteiger charge is 2.31. The van der Waals surface area contributed by atoms with E-state index in [1.165, 1.54) is 0 Å². The van der Waals surface area contributed by atoms with E-state index in [4.69, 9.17) is 9.47 Å². The maximum atomic E-state index is 12.4. The topological polar surface area (TPSA) is 50.8 Å². The molecule has 2 atom stereocenters. The number of hydrogen-bond acceptors (Lipinski definition) is 4. The molecule has 2 saturated heterocycles. The number of nitrogens with zero attached hydrogens (tertiary/aromatic N) is 1. The lowest BCUT2D eigenvalue weighted by Gasteiger charge is -2.21. The molecule has 0 unspecified atom stereocenters. The Hall–Kier alpha value is -1.46. The van der Waals surface area contributed by atoms with Gasteiger partial charge in [0.05, 0.1) is 6.61 Å². The van der Waals surface area contributed by atoms with Gasteiger partial charge in [-0.15, -0.1) is 12.4 Å². The Labute approximate surface area is 150 Å². The van der Waals surface area contributed by atoms with Gasteiger partial charge < -0.3 is 19.7 Å². The Bertz CT molecular complexity index is 510. The molecule has 134 valence electrons. The molecule has 0 spiro atoms. The fourth-order valence-electron chi connectivity index (χ4n) is 3.50. The van der Waals surface area contributed by atoms with Crippen molar-refractivity contribution in [3.8, 4) is 11.5 Å². The molecule has 1 amide bonds. The Morgan fingerprint density at radius 3 is 2.17 bits per heavy atom. The number of carbonyl (C=O) groups excluding carboxylic acids is 1. The summed E-state index contributed by atoms with van der Waals surface area (Å²) >= 11 is 0. The van der Waals surface area contributed by atoms with E-state index in [1.807, 2.05) is 36.1 Å². The van der Waals surface area contributed by atoms with Crippen LogP contribution in [-0.4, -0.2) is 50.2 Å². The Morgan fingerprint density at radius 2 is 1.62 bits per heavy atom. The molecule has 0 radical (unpaired) electrons. The summed E-state index contributed by atoms with van der Waals surface area (Å²) in [7, 11) is 0. The molecule has 2 heterocycles. The molecule has 6 heteroatoms. The van der Waals surface area contributed by atoms with Gasteiger partial charge in [-0.05, 0) is 69.0 Å². The summed E-state index contributed by atoms with van der Waals surface area (Å²) in [5.41, 5.74) is 0. The van der Waals surface area contributed by atoms with Gasteiger partial charge in [-0.1, -0.05) is 0 Å². The molecular weight excluding hydrogens is 328 g/mol. The molecule has 2 aliphatic heterocycles. The smallest absolute Gasteiger partial charge is 0.260 e. The van der Waals surface area contributed by atoms with Crippen molar-refractivity contribution in [2.75, 3.05) is 39.4 Å². The monoisotopic (exact) mass is 354 g/mol. The largest absolute Gasteiger partial charge is 0.494 e. The third-order valence-corrected chi connectivity index (χ3v) is 4.87. The highest BCUT2D eigenvalue weighted by Crippen LogP contribution is 2.27. The molecule has 0 aromatic heterocycles. The predicted octanol–water partition coefficient (Wildman–Crippen LogP) is 2.34. The number of halogens is 1. The molecule has 2 aliphatic rings. The first-order valence-corrected chi connectivity index (χ1v) is 8.60. The minimum absolute atomic E-state index is 0. The minimum Gasteiger partial charge on any atom is -0.494 e. The van der Waals surface area contributed by atoms with Crippen LogP contribution >= 0.6 is 12.4 Å². The van der Waals surface area contributed by atoms with Crippen LogP contribution in [0.2, 0.25) is 0 Å². The summed E-state index contributed by atoms with van der Waals surface area (Å²) in [6.45, 7) is 6.63. The third kappa shape index (κ3) is 4.77. The highest BCUT2D eigenvalue weighted by atomic mass is 35.5. The fourth-order valence-corrected chi connectivity index (χ4v) is 3.50. The van der Waals surface area contributed by atoms with Crippen molar-refractivity contribution in [1.82, 2.24) is 10.2 Å². The number of likely N-dealkylation sites (tertiary alicyclic amines) is 1. The molecule has 0 saturated carbocycles. The lowest BCUT2D eigenvalue weighted by Crippen LogP contribution is -2.36. The summed E-state index contributed by atoms with van der Waals surface area (Å²) in [4.78, 5) is 14.3. The number of ether oxygens (including phenoxy) is 2. The van der Waals surface area contributed by atoms with Gasteiger partial charge in [0.2, 0.25) is 0 Å². The fraction of sp³-hybridized carbons (Fsp3) is 0.611. The zero-order valence-corrected chi connectivity index (χ0v) is 15.0. The number of fused-ring (bicyclic) bond motifs is 1. The first-order chi connectivity index (χ1) is 11.3. The number of benzene rings is 1. The van der Waals surface area contributed by atoms with E-state index in [-0.39, 0.29) is 24.9 Å². The quantitative estimate of drug-likeness (QED) is 0.881. The number of amides is 1. The van der Waals surface area contributed by atoms with Crippen molar-refractivity contribution in [2.24, 2.45) is 11.8 Å². The second kappa shape index (κ2) is 9.14. The number of rotatable bonds is 5. The van der Waals surface area contributed by atoms with Crippen LogP contribution in [0, 0.1) is 11.8 Å². The standard InChI is InChI=1S/C18H26N2O3.ClH/c1-2-22-16-3-5-17(6-4-16)23-13-18(21)20-9-7-14-11-19-12-15(14)8-10-20;/h3-6,14-15,19H,2,7-13H2,1H3;1H/t14-,15+;. The first-order valence-electron chi connectivity index (χ1n) is 8.60. The van der Waals surface area contributed by atoms with Crippen molar-refractivity contribution < 1.29 is 14.3 Å². The van der Waals surface area contributed by atoms with E-state index in [0.717, 1.165) is 56.6 Å². The van der Waals surface area contributed by atoms with Gasteiger partial charge in [0.25, 0.3) is 5.91 Å². The maximum Gasteiger partial charge on any atom is 0.260 e. The zero-order valence-electron chi connectivity index (χ0n) is 14.2. The van der Waals surface area contributed by atoms with Crippen LogP contribution in [0.25, 0.3) is 0 Å². The summed E-state index contributed by atoms with van der Waals surface area (Å²) in [5.74, 6) is 3.09. The molecule has 24 heavy (non-hydrogen) atoms. The maximum absolute atomic E-state index is 12.4. The molecule has 0 bridgehead atoms. The van der Waals surface area contributed by atoms with E-state index in [1.54, 1.807) is 0 Å². The Kier molecular flexibility index (Phi) is 7.18. The summed E-state index contributed by atoms with van der Waals surface area (Å²) in [6, 6.07) is 7.42. The molecule has 2 fully saturated rings. The molecule has 1 aromatic rings. The second-order valence-electron chi connectivity index (χ2n) is 6.33. The SMILES string of the molecule is CCOc1ccc(OCC(=O)N2CC[C@@H]3CNC[C@@H]3CC2)cc1.Cl. The van der Waals surface area contributed by atoms with E-state index >= 15 is 0 Å². The van der Waals surface area contributed by atoms with Crippen LogP contribution in [0.3, 0.4) is 0 Å². The van der Waals surface area contributed by atoms with Gasteiger partial charge >= 0.3 is 0 Å². The summed E-state index contributed by atoms with van der Waals surface area (Å²) in [6.07, 6.45) is 2.21. The van der Waals surface area contributed by atoms with Crippen LogP contribution in [0.1, 0.15) is 19.8 Å². The van der Waals surface area contributed by atoms with Gasteiger partial charge in [0.1, 0.15) is 11.5 Å². The van der Waals surface area contributed by atoms with E-state index in [9.17, 15) is 4.79 Å². The van der Waals surface area contributed by atoms with Crippen LogP contribution in [0.4, 0.5) is 0 Å². The van der Waals surface area contributed by atoms with Crippen LogP contribution in [0.15, 0.2) is 24.3 Å².